The molecule has 0 saturated heterocycles. The summed E-state index contributed by atoms with van der Waals surface area (Å²) in [6.07, 6.45) is 3.63. The molecule has 0 fully saturated rings. The van der Waals surface area contributed by atoms with Crippen molar-refractivity contribution in [2.45, 2.75) is 6.92 Å². The van der Waals surface area contributed by atoms with Gasteiger partial charge in [0.2, 0.25) is 0 Å². The van der Waals surface area contributed by atoms with Crippen LogP contribution in [0.3, 0.4) is 0 Å². The zero-order valence-corrected chi connectivity index (χ0v) is 9.75. The highest BCUT2D eigenvalue weighted by Gasteiger charge is 1.86. The lowest BCUT2D eigenvalue weighted by atomic mass is 10.2. The van der Waals surface area contributed by atoms with Crippen LogP contribution < -0.4 is 0 Å². The van der Waals surface area contributed by atoms with Gasteiger partial charge in [-0.15, -0.1) is 0 Å². The Hall–Kier alpha value is -2.22. The van der Waals surface area contributed by atoms with E-state index in [2.05, 4.69) is 17.2 Å². The number of hydrogen-bond donors (Lipinski definition) is 0. The van der Waals surface area contributed by atoms with E-state index < -0.39 is 0 Å². The molecule has 2 heteroatoms. The Balaban J connectivity index is 1.98. The molecule has 2 rings (SSSR count). The lowest BCUT2D eigenvalue weighted by Gasteiger charge is -1.92. The van der Waals surface area contributed by atoms with E-state index in [1.165, 1.54) is 5.56 Å². The van der Waals surface area contributed by atoms with E-state index in [4.69, 9.17) is 0 Å². The molecule has 0 saturated carbocycles. The average Bonchev–Trinajstić information content (AvgIpc) is 2.38. The van der Waals surface area contributed by atoms with Crippen LogP contribution >= 0.6 is 0 Å². The van der Waals surface area contributed by atoms with E-state index in [-0.39, 0.29) is 0 Å². The summed E-state index contributed by atoms with van der Waals surface area (Å²) in [6, 6.07) is 18.0. The molecule has 0 aliphatic heterocycles. The van der Waals surface area contributed by atoms with Crippen molar-refractivity contribution in [1.29, 1.82) is 0 Å². The third kappa shape index (κ3) is 3.68. The molecule has 0 heterocycles. The van der Waals surface area contributed by atoms with Crippen molar-refractivity contribution in [3.05, 3.63) is 71.9 Å². The standard InChI is InChI=1S/C15H14N2/c1-13-7-9-15(10-8-13)17-16-12-11-14-5-3-2-4-6-14/h2-12H,1H3/b12-11+,17-16?. The van der Waals surface area contributed by atoms with Crippen molar-refractivity contribution in [2.75, 3.05) is 0 Å². The third-order valence-electron chi connectivity index (χ3n) is 2.34. The van der Waals surface area contributed by atoms with Crippen LogP contribution in [0.2, 0.25) is 0 Å². The molecule has 0 aromatic heterocycles. The van der Waals surface area contributed by atoms with Gasteiger partial charge in [0.1, 0.15) is 0 Å². The fourth-order valence-electron chi connectivity index (χ4n) is 1.39. The number of benzene rings is 2. The fraction of sp³-hybridized carbons (Fsp3) is 0.0667. The maximum Gasteiger partial charge on any atom is 0.0857 e. The van der Waals surface area contributed by atoms with Crippen LogP contribution in [0.15, 0.2) is 71.0 Å². The first-order chi connectivity index (χ1) is 8.34. The molecule has 0 spiro atoms. The molecule has 2 aromatic carbocycles. The molecule has 0 radical (unpaired) electrons. The van der Waals surface area contributed by atoms with Gasteiger partial charge < -0.3 is 0 Å². The zero-order valence-electron chi connectivity index (χ0n) is 9.75. The smallest absolute Gasteiger partial charge is 0.0857 e. The van der Waals surface area contributed by atoms with E-state index in [1.54, 1.807) is 6.20 Å². The van der Waals surface area contributed by atoms with Crippen molar-refractivity contribution < 1.29 is 0 Å². The highest BCUT2D eigenvalue weighted by atomic mass is 15.1. The summed E-state index contributed by atoms with van der Waals surface area (Å²) in [5.41, 5.74) is 3.22. The molecular formula is C15H14N2. The maximum absolute atomic E-state index is 4.10. The second kappa shape index (κ2) is 5.75. The Bertz CT molecular complexity index is 510. The van der Waals surface area contributed by atoms with Gasteiger partial charge in [-0.3, -0.25) is 0 Å². The number of azo groups is 1. The van der Waals surface area contributed by atoms with E-state index in [0.717, 1.165) is 11.3 Å². The van der Waals surface area contributed by atoms with E-state index in [9.17, 15) is 0 Å². The first-order valence-electron chi connectivity index (χ1n) is 5.54. The largest absolute Gasteiger partial charge is 0.159 e. The van der Waals surface area contributed by atoms with Crippen LogP contribution in [0, 0.1) is 6.92 Å². The first kappa shape index (κ1) is 11.3. The predicted molar refractivity (Wildman–Crippen MR) is 71.2 cm³/mol. The number of aryl methyl sites for hydroxylation is 1. The van der Waals surface area contributed by atoms with Crippen LogP contribution in [0.25, 0.3) is 6.08 Å². The predicted octanol–water partition coefficient (Wildman–Crippen LogP) is 4.75. The highest BCUT2D eigenvalue weighted by molar-refractivity contribution is 5.48. The fourth-order valence-corrected chi connectivity index (χ4v) is 1.39. The van der Waals surface area contributed by atoms with Gasteiger partial charge in [-0.1, -0.05) is 48.0 Å². The van der Waals surface area contributed by atoms with Crippen molar-refractivity contribution in [3.63, 3.8) is 0 Å². The molecule has 2 aromatic rings. The SMILES string of the molecule is Cc1ccc(N=N/C=C/c2ccccc2)cc1. The van der Waals surface area contributed by atoms with Crippen molar-refractivity contribution in [3.8, 4) is 0 Å². The van der Waals surface area contributed by atoms with Crippen LogP contribution in [0.1, 0.15) is 11.1 Å². The normalized spacial score (nSPS) is 11.4. The second-order valence-electron chi connectivity index (χ2n) is 3.78. The minimum absolute atomic E-state index is 0.869. The van der Waals surface area contributed by atoms with Crippen LogP contribution in [-0.2, 0) is 0 Å². The number of rotatable bonds is 3. The molecule has 0 aliphatic carbocycles. The average molecular weight is 222 g/mol. The Morgan fingerprint density at radius 1 is 0.882 bits per heavy atom. The molecule has 0 N–H and O–H groups in total. The van der Waals surface area contributed by atoms with Gasteiger partial charge in [0.05, 0.1) is 11.9 Å². The second-order valence-corrected chi connectivity index (χ2v) is 3.78. The Labute approximate surface area is 101 Å². The van der Waals surface area contributed by atoms with Crippen LogP contribution in [0.5, 0.6) is 0 Å². The van der Waals surface area contributed by atoms with Gasteiger partial charge in [0.25, 0.3) is 0 Å². The lowest BCUT2D eigenvalue weighted by molar-refractivity contribution is 1.23. The van der Waals surface area contributed by atoms with Crippen molar-refractivity contribution in [2.24, 2.45) is 10.2 Å². The third-order valence-corrected chi connectivity index (χ3v) is 2.34. The minimum Gasteiger partial charge on any atom is -0.159 e. The quantitative estimate of drug-likeness (QED) is 0.669. The Morgan fingerprint density at radius 3 is 2.29 bits per heavy atom. The van der Waals surface area contributed by atoms with Crippen molar-refractivity contribution in [1.82, 2.24) is 0 Å². The van der Waals surface area contributed by atoms with E-state index in [0.29, 0.717) is 0 Å². The van der Waals surface area contributed by atoms with Gasteiger partial charge in [0.15, 0.2) is 0 Å². The van der Waals surface area contributed by atoms with Gasteiger partial charge in [-0.05, 0) is 30.7 Å². The number of nitrogens with zero attached hydrogens (tertiary/aromatic N) is 2. The summed E-state index contributed by atoms with van der Waals surface area (Å²) in [5, 5.41) is 8.11. The Kier molecular flexibility index (Phi) is 3.81. The molecular weight excluding hydrogens is 208 g/mol. The van der Waals surface area contributed by atoms with Crippen LogP contribution in [0.4, 0.5) is 5.69 Å². The summed E-state index contributed by atoms with van der Waals surface area (Å²) < 4.78 is 0. The molecule has 0 amide bonds. The molecule has 0 aliphatic rings. The van der Waals surface area contributed by atoms with Gasteiger partial charge in [-0.2, -0.15) is 10.2 Å². The van der Waals surface area contributed by atoms with Crippen LogP contribution in [-0.4, -0.2) is 0 Å². The minimum atomic E-state index is 0.869. The van der Waals surface area contributed by atoms with Gasteiger partial charge in [0, 0.05) is 0 Å². The topological polar surface area (TPSA) is 24.7 Å². The summed E-state index contributed by atoms with van der Waals surface area (Å²) in [5.74, 6) is 0. The summed E-state index contributed by atoms with van der Waals surface area (Å²) in [4.78, 5) is 0. The van der Waals surface area contributed by atoms with E-state index >= 15 is 0 Å². The first-order valence-corrected chi connectivity index (χ1v) is 5.54. The van der Waals surface area contributed by atoms with Gasteiger partial charge >= 0.3 is 0 Å². The number of hydrogen-bond acceptors (Lipinski definition) is 2. The zero-order chi connectivity index (χ0) is 11.9. The maximum atomic E-state index is 4.10. The highest BCUT2D eigenvalue weighted by Crippen LogP contribution is 2.13. The monoisotopic (exact) mass is 222 g/mol. The summed E-state index contributed by atoms with van der Waals surface area (Å²) in [6.45, 7) is 2.05. The van der Waals surface area contributed by atoms with Gasteiger partial charge in [-0.25, -0.2) is 0 Å². The summed E-state index contributed by atoms with van der Waals surface area (Å²) in [7, 11) is 0. The summed E-state index contributed by atoms with van der Waals surface area (Å²) >= 11 is 0. The Morgan fingerprint density at radius 2 is 1.59 bits per heavy atom. The lowest BCUT2D eigenvalue weighted by Crippen LogP contribution is -1.68. The molecule has 0 unspecified atom stereocenters. The van der Waals surface area contributed by atoms with E-state index in [1.807, 2.05) is 60.7 Å². The molecule has 0 bridgehead atoms. The molecule has 0 atom stereocenters. The van der Waals surface area contributed by atoms with Crippen molar-refractivity contribution >= 4 is 11.8 Å². The molecule has 17 heavy (non-hydrogen) atoms. The molecule has 84 valence electrons. The molecule has 2 nitrogen and oxygen atoms in total.